The molecular formula is C16H12Cl2N2. The molecule has 0 aliphatic rings. The van der Waals surface area contributed by atoms with Crippen LogP contribution in [-0.4, -0.2) is 9.78 Å². The van der Waals surface area contributed by atoms with E-state index in [4.69, 9.17) is 23.2 Å². The van der Waals surface area contributed by atoms with Crippen LogP contribution in [-0.2, 0) is 7.05 Å². The number of nitrogens with zero attached hydrogens (tertiary/aromatic N) is 2. The molecule has 20 heavy (non-hydrogen) atoms. The van der Waals surface area contributed by atoms with E-state index < -0.39 is 0 Å². The van der Waals surface area contributed by atoms with Crippen molar-refractivity contribution in [2.24, 2.45) is 7.05 Å². The lowest BCUT2D eigenvalue weighted by Crippen LogP contribution is -1.94. The zero-order valence-electron chi connectivity index (χ0n) is 10.8. The number of hydrogen-bond donors (Lipinski definition) is 0. The van der Waals surface area contributed by atoms with Crippen LogP contribution in [0.5, 0.6) is 0 Å². The zero-order chi connectivity index (χ0) is 14.1. The average molecular weight is 303 g/mol. The Hall–Kier alpha value is -1.77. The van der Waals surface area contributed by atoms with Crippen LogP contribution in [0.4, 0.5) is 0 Å². The summed E-state index contributed by atoms with van der Waals surface area (Å²) in [6, 6.07) is 15.5. The van der Waals surface area contributed by atoms with Gasteiger partial charge in [0, 0.05) is 28.2 Å². The molecule has 0 spiro atoms. The van der Waals surface area contributed by atoms with E-state index in [9.17, 15) is 0 Å². The van der Waals surface area contributed by atoms with Crippen molar-refractivity contribution in [1.29, 1.82) is 0 Å². The van der Waals surface area contributed by atoms with Crippen LogP contribution in [0.1, 0.15) is 0 Å². The highest BCUT2D eigenvalue weighted by Crippen LogP contribution is 2.32. The van der Waals surface area contributed by atoms with Gasteiger partial charge in [0.25, 0.3) is 0 Å². The molecule has 1 aromatic heterocycles. The maximum absolute atomic E-state index is 5.95. The van der Waals surface area contributed by atoms with E-state index in [2.05, 4.69) is 5.10 Å². The van der Waals surface area contributed by atoms with E-state index in [1.165, 1.54) is 0 Å². The zero-order valence-corrected chi connectivity index (χ0v) is 12.4. The predicted molar refractivity (Wildman–Crippen MR) is 84.1 cm³/mol. The van der Waals surface area contributed by atoms with Crippen LogP contribution in [0.25, 0.3) is 22.4 Å². The number of rotatable bonds is 2. The summed E-state index contributed by atoms with van der Waals surface area (Å²) < 4.78 is 1.87. The predicted octanol–water partition coefficient (Wildman–Crippen LogP) is 5.06. The molecular weight excluding hydrogens is 291 g/mol. The van der Waals surface area contributed by atoms with Gasteiger partial charge in [0.05, 0.1) is 11.9 Å². The molecule has 1 heterocycles. The van der Waals surface area contributed by atoms with Gasteiger partial charge in [-0.1, -0.05) is 47.5 Å². The fourth-order valence-electron chi connectivity index (χ4n) is 2.23. The van der Waals surface area contributed by atoms with Gasteiger partial charge in [-0.05, 0) is 29.8 Å². The monoisotopic (exact) mass is 302 g/mol. The molecule has 0 saturated heterocycles. The Morgan fingerprint density at radius 2 is 1.30 bits per heavy atom. The quantitative estimate of drug-likeness (QED) is 0.647. The van der Waals surface area contributed by atoms with Crippen molar-refractivity contribution in [3.05, 3.63) is 64.8 Å². The first-order valence-electron chi connectivity index (χ1n) is 6.19. The smallest absolute Gasteiger partial charge is 0.0757 e. The molecule has 0 unspecified atom stereocenters. The maximum atomic E-state index is 5.95. The summed E-state index contributed by atoms with van der Waals surface area (Å²) in [6.45, 7) is 0. The molecule has 0 atom stereocenters. The normalized spacial score (nSPS) is 10.8. The topological polar surface area (TPSA) is 17.8 Å². The highest BCUT2D eigenvalue weighted by atomic mass is 35.5. The Bertz CT molecular complexity index is 728. The number of aryl methyl sites for hydroxylation is 1. The highest BCUT2D eigenvalue weighted by Gasteiger charge is 2.12. The van der Waals surface area contributed by atoms with E-state index >= 15 is 0 Å². The number of aromatic nitrogens is 2. The van der Waals surface area contributed by atoms with Crippen molar-refractivity contribution < 1.29 is 0 Å². The molecule has 0 aliphatic carbocycles. The molecule has 100 valence electrons. The minimum absolute atomic E-state index is 0.726. The SMILES string of the molecule is Cn1ncc(-c2ccc(Cl)cc2)c1-c1ccc(Cl)cc1. The van der Waals surface area contributed by atoms with Crippen LogP contribution in [0, 0.1) is 0 Å². The van der Waals surface area contributed by atoms with Crippen molar-refractivity contribution in [2.75, 3.05) is 0 Å². The lowest BCUT2D eigenvalue weighted by Gasteiger charge is -2.07. The van der Waals surface area contributed by atoms with Gasteiger partial charge in [0.1, 0.15) is 0 Å². The van der Waals surface area contributed by atoms with Gasteiger partial charge in [-0.3, -0.25) is 4.68 Å². The third-order valence-corrected chi connectivity index (χ3v) is 3.72. The van der Waals surface area contributed by atoms with E-state index in [0.29, 0.717) is 0 Å². The number of halogens is 2. The maximum Gasteiger partial charge on any atom is 0.0757 e. The van der Waals surface area contributed by atoms with Gasteiger partial charge in [0.15, 0.2) is 0 Å². The van der Waals surface area contributed by atoms with E-state index in [-0.39, 0.29) is 0 Å². The fraction of sp³-hybridized carbons (Fsp3) is 0.0625. The molecule has 0 bridgehead atoms. The van der Waals surface area contributed by atoms with E-state index in [1.54, 1.807) is 0 Å². The number of hydrogen-bond acceptors (Lipinski definition) is 1. The standard InChI is InChI=1S/C16H12Cl2N2/c1-20-16(12-4-8-14(18)9-5-12)15(10-19-20)11-2-6-13(17)7-3-11/h2-10H,1H3. The molecule has 0 aliphatic heterocycles. The minimum atomic E-state index is 0.726. The third kappa shape index (κ3) is 2.45. The first kappa shape index (κ1) is 13.2. The summed E-state index contributed by atoms with van der Waals surface area (Å²) in [5.74, 6) is 0. The van der Waals surface area contributed by atoms with Gasteiger partial charge >= 0.3 is 0 Å². The minimum Gasteiger partial charge on any atom is -0.267 e. The van der Waals surface area contributed by atoms with Crippen LogP contribution >= 0.6 is 23.2 Å². The Labute approximate surface area is 127 Å². The molecule has 0 saturated carbocycles. The largest absolute Gasteiger partial charge is 0.267 e. The summed E-state index contributed by atoms with van der Waals surface area (Å²) in [6.07, 6.45) is 1.87. The highest BCUT2D eigenvalue weighted by molar-refractivity contribution is 6.31. The van der Waals surface area contributed by atoms with Gasteiger partial charge < -0.3 is 0 Å². The first-order valence-corrected chi connectivity index (χ1v) is 6.94. The van der Waals surface area contributed by atoms with Crippen LogP contribution in [0.2, 0.25) is 10.0 Å². The summed E-state index contributed by atoms with van der Waals surface area (Å²) in [4.78, 5) is 0. The van der Waals surface area contributed by atoms with E-state index in [0.717, 1.165) is 32.4 Å². The summed E-state index contributed by atoms with van der Waals surface area (Å²) in [7, 11) is 1.93. The lowest BCUT2D eigenvalue weighted by molar-refractivity contribution is 0.776. The summed E-state index contributed by atoms with van der Waals surface area (Å²) in [5.41, 5.74) is 4.31. The third-order valence-electron chi connectivity index (χ3n) is 3.21. The average Bonchev–Trinajstić information content (AvgIpc) is 2.83. The van der Waals surface area contributed by atoms with Crippen molar-refractivity contribution in [1.82, 2.24) is 9.78 Å². The fourth-order valence-corrected chi connectivity index (χ4v) is 2.48. The Morgan fingerprint density at radius 1 is 0.800 bits per heavy atom. The second-order valence-corrected chi connectivity index (χ2v) is 5.42. The lowest BCUT2D eigenvalue weighted by atomic mass is 10.0. The van der Waals surface area contributed by atoms with Gasteiger partial charge in [-0.25, -0.2) is 0 Å². The van der Waals surface area contributed by atoms with Crippen molar-refractivity contribution in [3.8, 4) is 22.4 Å². The van der Waals surface area contributed by atoms with Crippen LogP contribution in [0.15, 0.2) is 54.7 Å². The molecule has 0 N–H and O–H groups in total. The molecule has 0 radical (unpaired) electrons. The molecule has 2 aromatic carbocycles. The first-order chi connectivity index (χ1) is 9.65. The summed E-state index contributed by atoms with van der Waals surface area (Å²) >= 11 is 11.9. The molecule has 3 rings (SSSR count). The summed E-state index contributed by atoms with van der Waals surface area (Å²) in [5, 5.41) is 5.82. The Kier molecular flexibility index (Phi) is 3.51. The van der Waals surface area contributed by atoms with Crippen LogP contribution in [0.3, 0.4) is 0 Å². The molecule has 3 aromatic rings. The number of benzene rings is 2. The molecule has 0 amide bonds. The molecule has 2 nitrogen and oxygen atoms in total. The van der Waals surface area contributed by atoms with Crippen LogP contribution < -0.4 is 0 Å². The second kappa shape index (κ2) is 5.31. The van der Waals surface area contributed by atoms with Gasteiger partial charge in [0.2, 0.25) is 0 Å². The molecule has 0 fully saturated rings. The van der Waals surface area contributed by atoms with Gasteiger partial charge in [-0.15, -0.1) is 0 Å². The van der Waals surface area contributed by atoms with E-state index in [1.807, 2.05) is 66.5 Å². The van der Waals surface area contributed by atoms with Gasteiger partial charge in [-0.2, -0.15) is 5.10 Å². The molecule has 4 heteroatoms. The van der Waals surface area contributed by atoms with Crippen molar-refractivity contribution >= 4 is 23.2 Å². The Morgan fingerprint density at radius 3 is 1.85 bits per heavy atom. The van der Waals surface area contributed by atoms with Crippen molar-refractivity contribution in [2.45, 2.75) is 0 Å². The Balaban J connectivity index is 2.14. The van der Waals surface area contributed by atoms with Crippen molar-refractivity contribution in [3.63, 3.8) is 0 Å². The second-order valence-electron chi connectivity index (χ2n) is 4.54.